The van der Waals surface area contributed by atoms with Gasteiger partial charge in [-0.05, 0) is 48.1 Å². The van der Waals surface area contributed by atoms with Gasteiger partial charge in [0, 0.05) is 0 Å². The molecule has 0 heterocycles. The molecule has 2 rings (SSSR count). The first-order valence-corrected chi connectivity index (χ1v) is 9.98. The zero-order valence-corrected chi connectivity index (χ0v) is 17.8. The van der Waals surface area contributed by atoms with Crippen molar-refractivity contribution in [2.45, 2.75) is 39.7 Å². The molecule has 0 aliphatic rings. The van der Waals surface area contributed by atoms with Crippen molar-refractivity contribution in [1.82, 2.24) is 5.32 Å². The predicted octanol–water partition coefficient (Wildman–Crippen LogP) is 5.16. The molecule has 0 spiro atoms. The topological polar surface area (TPSA) is 55.4 Å². The first kappa shape index (κ1) is 22.3. The lowest BCUT2D eigenvalue weighted by Crippen LogP contribution is -2.31. The number of nitrogens with one attached hydrogen (secondary N) is 1. The van der Waals surface area contributed by atoms with Gasteiger partial charge >= 0.3 is 5.97 Å². The second kappa shape index (κ2) is 10.5. The number of ether oxygens (including phenoxy) is 1. The minimum Gasteiger partial charge on any atom is -0.455 e. The first-order chi connectivity index (χ1) is 13.2. The molecule has 150 valence electrons. The summed E-state index contributed by atoms with van der Waals surface area (Å²) in [6, 6.07) is 12.9. The molecule has 0 fully saturated rings. The summed E-state index contributed by atoms with van der Waals surface area (Å²) in [4.78, 5) is 24.0. The molecule has 0 bridgehead atoms. The monoisotopic (exact) mass is 421 g/mol. The van der Waals surface area contributed by atoms with E-state index in [2.05, 4.69) is 31.3 Å². The summed E-state index contributed by atoms with van der Waals surface area (Å²) in [5.41, 5.74) is 2.95. The molecule has 0 aliphatic carbocycles. The summed E-state index contributed by atoms with van der Waals surface area (Å²) in [6.07, 6.45) is 1.05. The highest BCUT2D eigenvalue weighted by Crippen LogP contribution is 2.23. The van der Waals surface area contributed by atoms with Crippen LogP contribution in [0.1, 0.15) is 43.5 Å². The zero-order chi connectivity index (χ0) is 20.7. The van der Waals surface area contributed by atoms with E-state index in [-0.39, 0.29) is 25.0 Å². The van der Waals surface area contributed by atoms with Crippen LogP contribution in [0, 0.1) is 5.92 Å². The lowest BCUT2D eigenvalue weighted by atomic mass is 10.00. The van der Waals surface area contributed by atoms with Gasteiger partial charge in [-0.1, -0.05) is 67.4 Å². The molecule has 0 unspecified atom stereocenters. The van der Waals surface area contributed by atoms with Gasteiger partial charge in [-0.2, -0.15) is 0 Å². The van der Waals surface area contributed by atoms with E-state index in [1.807, 2.05) is 19.1 Å². The third-order valence-corrected chi connectivity index (χ3v) is 4.94. The summed E-state index contributed by atoms with van der Waals surface area (Å²) in [6.45, 7) is 5.93. The van der Waals surface area contributed by atoms with Crippen LogP contribution in [-0.4, -0.2) is 18.5 Å². The minimum absolute atomic E-state index is 0.0248. The van der Waals surface area contributed by atoms with Crippen LogP contribution in [0.5, 0.6) is 0 Å². The van der Waals surface area contributed by atoms with Crippen molar-refractivity contribution in [2.75, 3.05) is 6.61 Å². The van der Waals surface area contributed by atoms with Crippen molar-refractivity contribution >= 4 is 35.1 Å². The van der Waals surface area contributed by atoms with Crippen LogP contribution in [0.3, 0.4) is 0 Å². The standard InChI is InChI=1S/C22H25Cl2NO3/c1-14(2)10-16-4-7-18(8-5-16)15(3)25-21(26)13-28-22(27)12-17-6-9-19(23)20(24)11-17/h4-9,11,14-15H,10,12-13H2,1-3H3,(H,25,26)/t15-/m0/s1. The average molecular weight is 422 g/mol. The Balaban J connectivity index is 1.79. The predicted molar refractivity (Wildman–Crippen MR) is 113 cm³/mol. The molecule has 4 nitrogen and oxygen atoms in total. The van der Waals surface area contributed by atoms with Gasteiger partial charge in [-0.3, -0.25) is 9.59 Å². The molecule has 28 heavy (non-hydrogen) atoms. The Morgan fingerprint density at radius 3 is 2.21 bits per heavy atom. The third kappa shape index (κ3) is 7.17. The van der Waals surface area contributed by atoms with Crippen LogP contribution in [0.4, 0.5) is 0 Å². The molecule has 1 N–H and O–H groups in total. The fourth-order valence-electron chi connectivity index (χ4n) is 2.79. The van der Waals surface area contributed by atoms with Crippen LogP contribution in [0.2, 0.25) is 10.0 Å². The van der Waals surface area contributed by atoms with E-state index in [1.54, 1.807) is 18.2 Å². The average Bonchev–Trinajstić information content (AvgIpc) is 2.63. The smallest absolute Gasteiger partial charge is 0.310 e. The molecule has 0 saturated carbocycles. The molecule has 1 amide bonds. The second-order valence-electron chi connectivity index (χ2n) is 7.21. The van der Waals surface area contributed by atoms with E-state index in [9.17, 15) is 9.59 Å². The quantitative estimate of drug-likeness (QED) is 0.599. The summed E-state index contributed by atoms with van der Waals surface area (Å²) in [5, 5.41) is 3.63. The fraction of sp³-hybridized carbons (Fsp3) is 0.364. The van der Waals surface area contributed by atoms with Crippen LogP contribution in [-0.2, 0) is 27.2 Å². The first-order valence-electron chi connectivity index (χ1n) is 9.22. The van der Waals surface area contributed by atoms with Gasteiger partial charge in [0.05, 0.1) is 22.5 Å². The summed E-state index contributed by atoms with van der Waals surface area (Å²) in [5.74, 6) is -0.248. The fourth-order valence-corrected chi connectivity index (χ4v) is 3.11. The van der Waals surface area contributed by atoms with Gasteiger partial charge in [0.2, 0.25) is 0 Å². The van der Waals surface area contributed by atoms with Crippen molar-refractivity contribution in [2.24, 2.45) is 5.92 Å². The van der Waals surface area contributed by atoms with Gasteiger partial charge in [-0.15, -0.1) is 0 Å². The number of benzene rings is 2. The Bertz CT molecular complexity index is 819. The number of carbonyl (C=O) groups is 2. The van der Waals surface area contributed by atoms with Crippen molar-refractivity contribution in [3.63, 3.8) is 0 Å². The van der Waals surface area contributed by atoms with Gasteiger partial charge in [0.1, 0.15) is 0 Å². The number of esters is 1. The van der Waals surface area contributed by atoms with Crippen LogP contribution >= 0.6 is 23.2 Å². The summed E-state index contributed by atoms with van der Waals surface area (Å²) in [7, 11) is 0. The van der Waals surface area contributed by atoms with Crippen LogP contribution in [0.25, 0.3) is 0 Å². The van der Waals surface area contributed by atoms with E-state index in [0.717, 1.165) is 12.0 Å². The molecule has 2 aromatic carbocycles. The Morgan fingerprint density at radius 1 is 0.964 bits per heavy atom. The number of hydrogen-bond donors (Lipinski definition) is 1. The minimum atomic E-state index is -0.501. The van der Waals surface area contributed by atoms with Gasteiger partial charge in [-0.25, -0.2) is 0 Å². The van der Waals surface area contributed by atoms with E-state index in [1.165, 1.54) is 5.56 Å². The molecule has 0 saturated heterocycles. The van der Waals surface area contributed by atoms with E-state index < -0.39 is 5.97 Å². The van der Waals surface area contributed by atoms with Crippen LogP contribution < -0.4 is 5.32 Å². The number of carbonyl (C=O) groups excluding carboxylic acids is 2. The Kier molecular flexibility index (Phi) is 8.34. The number of rotatable bonds is 8. The zero-order valence-electron chi connectivity index (χ0n) is 16.3. The highest BCUT2D eigenvalue weighted by molar-refractivity contribution is 6.42. The van der Waals surface area contributed by atoms with Crippen molar-refractivity contribution in [1.29, 1.82) is 0 Å². The Morgan fingerprint density at radius 2 is 1.61 bits per heavy atom. The highest BCUT2D eigenvalue weighted by Gasteiger charge is 2.13. The van der Waals surface area contributed by atoms with Gasteiger partial charge < -0.3 is 10.1 Å². The lowest BCUT2D eigenvalue weighted by molar-refractivity contribution is -0.148. The van der Waals surface area contributed by atoms with E-state index in [0.29, 0.717) is 21.5 Å². The largest absolute Gasteiger partial charge is 0.455 e. The SMILES string of the molecule is CC(C)Cc1ccc([C@H](C)NC(=O)COC(=O)Cc2ccc(Cl)c(Cl)c2)cc1. The number of halogens is 2. The Hall–Kier alpha value is -2.04. The molecule has 0 aliphatic heterocycles. The molecular formula is C22H25Cl2NO3. The highest BCUT2D eigenvalue weighted by atomic mass is 35.5. The number of amides is 1. The van der Waals surface area contributed by atoms with Gasteiger partial charge in [0.15, 0.2) is 6.61 Å². The summed E-state index contributed by atoms with van der Waals surface area (Å²) < 4.78 is 5.05. The molecule has 2 aromatic rings. The maximum Gasteiger partial charge on any atom is 0.310 e. The van der Waals surface area contributed by atoms with Crippen molar-refractivity contribution in [3.8, 4) is 0 Å². The molecule has 0 aromatic heterocycles. The maximum atomic E-state index is 12.1. The Labute approximate surface area is 176 Å². The van der Waals surface area contributed by atoms with Crippen molar-refractivity contribution in [3.05, 3.63) is 69.2 Å². The normalized spacial score (nSPS) is 11.9. The van der Waals surface area contributed by atoms with E-state index >= 15 is 0 Å². The van der Waals surface area contributed by atoms with Gasteiger partial charge in [0.25, 0.3) is 5.91 Å². The van der Waals surface area contributed by atoms with Crippen molar-refractivity contribution < 1.29 is 14.3 Å². The second-order valence-corrected chi connectivity index (χ2v) is 8.03. The maximum absolute atomic E-state index is 12.1. The number of hydrogen-bond acceptors (Lipinski definition) is 3. The summed E-state index contributed by atoms with van der Waals surface area (Å²) >= 11 is 11.8. The molecule has 0 radical (unpaired) electrons. The van der Waals surface area contributed by atoms with Crippen LogP contribution in [0.15, 0.2) is 42.5 Å². The molecular weight excluding hydrogens is 397 g/mol. The van der Waals surface area contributed by atoms with E-state index in [4.69, 9.17) is 27.9 Å². The molecule has 6 heteroatoms. The molecule has 1 atom stereocenters. The third-order valence-electron chi connectivity index (χ3n) is 4.20. The lowest BCUT2D eigenvalue weighted by Gasteiger charge is -2.15.